The van der Waals surface area contributed by atoms with E-state index in [9.17, 15) is 19.8 Å². The molecule has 1 rings (SSSR count). The van der Waals surface area contributed by atoms with E-state index in [4.69, 9.17) is 30.4 Å². The largest absolute Gasteiger partial charge is 0.454 e. The lowest BCUT2D eigenvalue weighted by Crippen LogP contribution is -2.62. The number of nitrogens with two attached hydrogens (primary N) is 2. The SMILES string of the molecule is CO[C@H]1O[C@H](CO)[C@@H](O)[C@H](OC(=O)[C@@H](C)N)[C@H]1OC(=O)[C@H](C)N. The second-order valence-electron chi connectivity index (χ2n) is 5.33. The third-order valence-corrected chi connectivity index (χ3v) is 3.28. The van der Waals surface area contributed by atoms with Crippen molar-refractivity contribution in [2.24, 2.45) is 11.5 Å². The number of hydrogen-bond acceptors (Lipinski definition) is 10. The molecular weight excluding hydrogens is 312 g/mol. The minimum absolute atomic E-state index is 0.554. The number of ether oxygens (including phenoxy) is 4. The number of methoxy groups -OCH3 is 1. The van der Waals surface area contributed by atoms with E-state index in [0.29, 0.717) is 0 Å². The normalized spacial score (nSPS) is 33.6. The lowest BCUT2D eigenvalue weighted by Gasteiger charge is -2.42. The Morgan fingerprint density at radius 2 is 1.61 bits per heavy atom. The molecular formula is C13H24N2O8. The van der Waals surface area contributed by atoms with Gasteiger partial charge in [0.25, 0.3) is 0 Å². The first kappa shape index (κ1) is 19.7. The molecule has 0 aromatic heterocycles. The maximum atomic E-state index is 11.7. The number of aliphatic hydroxyl groups excluding tert-OH is 2. The van der Waals surface area contributed by atoms with E-state index in [1.807, 2.05) is 0 Å². The van der Waals surface area contributed by atoms with Gasteiger partial charge in [0.1, 0.15) is 24.3 Å². The second kappa shape index (κ2) is 8.52. The molecule has 0 unspecified atom stereocenters. The fourth-order valence-electron chi connectivity index (χ4n) is 1.97. The second-order valence-corrected chi connectivity index (χ2v) is 5.33. The summed E-state index contributed by atoms with van der Waals surface area (Å²) in [5.41, 5.74) is 10.9. The van der Waals surface area contributed by atoms with Gasteiger partial charge in [0, 0.05) is 7.11 Å². The summed E-state index contributed by atoms with van der Waals surface area (Å²) in [4.78, 5) is 23.5. The highest BCUT2D eigenvalue weighted by Crippen LogP contribution is 2.27. The Hall–Kier alpha value is -1.30. The lowest BCUT2D eigenvalue weighted by atomic mass is 9.98. The first-order valence-electron chi connectivity index (χ1n) is 7.12. The van der Waals surface area contributed by atoms with Crippen LogP contribution in [0.1, 0.15) is 13.8 Å². The summed E-state index contributed by atoms with van der Waals surface area (Å²) in [6, 6.07) is -1.90. The van der Waals surface area contributed by atoms with Crippen molar-refractivity contribution in [1.82, 2.24) is 0 Å². The fourth-order valence-corrected chi connectivity index (χ4v) is 1.97. The molecule has 0 spiro atoms. The fraction of sp³-hybridized carbons (Fsp3) is 0.846. The molecule has 6 N–H and O–H groups in total. The summed E-state index contributed by atoms with van der Waals surface area (Å²) in [6.45, 7) is 2.25. The molecule has 0 aromatic rings. The zero-order valence-corrected chi connectivity index (χ0v) is 13.2. The molecule has 0 saturated carbocycles. The van der Waals surface area contributed by atoms with Crippen LogP contribution < -0.4 is 11.5 Å². The summed E-state index contributed by atoms with van der Waals surface area (Å²) in [5.74, 6) is -1.61. The van der Waals surface area contributed by atoms with Gasteiger partial charge in [-0.15, -0.1) is 0 Å². The molecule has 0 aliphatic carbocycles. The monoisotopic (exact) mass is 336 g/mol. The number of carbonyl (C=O) groups excluding carboxylic acids is 2. The zero-order chi connectivity index (χ0) is 17.7. The smallest absolute Gasteiger partial charge is 0.323 e. The predicted molar refractivity (Wildman–Crippen MR) is 75.8 cm³/mol. The van der Waals surface area contributed by atoms with E-state index in [1.54, 1.807) is 0 Å². The van der Waals surface area contributed by atoms with Crippen LogP contribution in [0.5, 0.6) is 0 Å². The van der Waals surface area contributed by atoms with Crippen molar-refractivity contribution in [2.75, 3.05) is 13.7 Å². The Balaban J connectivity index is 3.04. The first-order valence-corrected chi connectivity index (χ1v) is 7.12. The van der Waals surface area contributed by atoms with Crippen molar-refractivity contribution in [3.8, 4) is 0 Å². The number of carbonyl (C=O) groups is 2. The molecule has 1 heterocycles. The standard InChI is InChI=1S/C13H24N2O8/c1-5(14)11(18)22-9-8(17)7(4-16)21-13(20-3)10(9)23-12(19)6(2)15/h5-10,13,16-17H,4,14-15H2,1-3H3/t5-,6+,7-,8-,9+,10-,13+/m1/s1. The average Bonchev–Trinajstić information content (AvgIpc) is 2.50. The van der Waals surface area contributed by atoms with E-state index in [-0.39, 0.29) is 0 Å². The molecule has 10 heteroatoms. The van der Waals surface area contributed by atoms with Gasteiger partial charge in [0.2, 0.25) is 0 Å². The molecule has 134 valence electrons. The number of aliphatic hydroxyl groups is 2. The van der Waals surface area contributed by atoms with E-state index in [1.165, 1.54) is 21.0 Å². The summed E-state index contributed by atoms with van der Waals surface area (Å²) in [6.07, 6.45) is -6.29. The predicted octanol–water partition coefficient (Wildman–Crippen LogP) is -2.77. The lowest BCUT2D eigenvalue weighted by molar-refractivity contribution is -0.300. The van der Waals surface area contributed by atoms with Gasteiger partial charge in [-0.2, -0.15) is 0 Å². The topological polar surface area (TPSA) is 164 Å². The maximum absolute atomic E-state index is 11.7. The Kier molecular flexibility index (Phi) is 7.32. The highest BCUT2D eigenvalue weighted by Gasteiger charge is 2.50. The average molecular weight is 336 g/mol. The molecule has 1 aliphatic heterocycles. The highest BCUT2D eigenvalue weighted by molar-refractivity contribution is 5.76. The Morgan fingerprint density at radius 3 is 2.00 bits per heavy atom. The number of hydrogen-bond donors (Lipinski definition) is 4. The number of rotatable bonds is 6. The van der Waals surface area contributed by atoms with Crippen molar-refractivity contribution in [2.45, 2.75) is 56.6 Å². The van der Waals surface area contributed by atoms with Gasteiger partial charge >= 0.3 is 11.9 Å². The maximum Gasteiger partial charge on any atom is 0.323 e. The van der Waals surface area contributed by atoms with Crippen LogP contribution >= 0.6 is 0 Å². The van der Waals surface area contributed by atoms with Crippen LogP contribution in [0.25, 0.3) is 0 Å². The van der Waals surface area contributed by atoms with Gasteiger partial charge in [0.05, 0.1) is 6.61 Å². The van der Waals surface area contributed by atoms with E-state index >= 15 is 0 Å². The van der Waals surface area contributed by atoms with Crippen LogP contribution in [-0.4, -0.2) is 78.7 Å². The first-order chi connectivity index (χ1) is 10.7. The van der Waals surface area contributed by atoms with E-state index in [0.717, 1.165) is 0 Å². The quantitative estimate of drug-likeness (QED) is 0.373. The Labute approximate surface area is 133 Å². The van der Waals surface area contributed by atoms with Gasteiger partial charge in [-0.05, 0) is 13.8 Å². The molecule has 1 saturated heterocycles. The van der Waals surface area contributed by atoms with Gasteiger partial charge < -0.3 is 40.6 Å². The van der Waals surface area contributed by atoms with Crippen molar-refractivity contribution in [1.29, 1.82) is 0 Å². The van der Waals surface area contributed by atoms with Crippen LogP contribution in [0.15, 0.2) is 0 Å². The summed E-state index contributed by atoms with van der Waals surface area (Å²) >= 11 is 0. The molecule has 1 aliphatic rings. The van der Waals surface area contributed by atoms with E-state index in [2.05, 4.69) is 0 Å². The molecule has 0 amide bonds. The zero-order valence-electron chi connectivity index (χ0n) is 13.2. The molecule has 0 bridgehead atoms. The Bertz CT molecular complexity index is 417. The van der Waals surface area contributed by atoms with Gasteiger partial charge in [-0.25, -0.2) is 0 Å². The third kappa shape index (κ3) is 4.83. The molecule has 10 nitrogen and oxygen atoms in total. The summed E-state index contributed by atoms with van der Waals surface area (Å²) in [7, 11) is 1.27. The molecule has 0 aromatic carbocycles. The molecule has 0 radical (unpaired) electrons. The van der Waals surface area contributed by atoms with Crippen molar-refractivity contribution in [3.63, 3.8) is 0 Å². The molecule has 23 heavy (non-hydrogen) atoms. The third-order valence-electron chi connectivity index (χ3n) is 3.28. The van der Waals surface area contributed by atoms with Crippen molar-refractivity contribution >= 4 is 11.9 Å². The van der Waals surface area contributed by atoms with Gasteiger partial charge in [-0.1, -0.05) is 0 Å². The molecule has 7 atom stereocenters. The van der Waals surface area contributed by atoms with Crippen molar-refractivity contribution < 1.29 is 38.7 Å². The van der Waals surface area contributed by atoms with Gasteiger partial charge in [0.15, 0.2) is 18.5 Å². The minimum Gasteiger partial charge on any atom is -0.454 e. The van der Waals surface area contributed by atoms with E-state index < -0.39 is 61.3 Å². The molecule has 1 fully saturated rings. The van der Waals surface area contributed by atoms with Crippen LogP contribution in [0, 0.1) is 0 Å². The van der Waals surface area contributed by atoms with Crippen LogP contribution in [0.4, 0.5) is 0 Å². The number of esters is 2. The van der Waals surface area contributed by atoms with Crippen LogP contribution in [-0.2, 0) is 28.5 Å². The Morgan fingerprint density at radius 1 is 1.13 bits per heavy atom. The highest BCUT2D eigenvalue weighted by atomic mass is 16.7. The van der Waals surface area contributed by atoms with Gasteiger partial charge in [-0.3, -0.25) is 9.59 Å². The summed E-state index contributed by atoms with van der Waals surface area (Å²) < 4.78 is 20.6. The minimum atomic E-state index is -1.44. The van der Waals surface area contributed by atoms with Crippen LogP contribution in [0.3, 0.4) is 0 Å². The van der Waals surface area contributed by atoms with Crippen molar-refractivity contribution in [3.05, 3.63) is 0 Å². The van der Waals surface area contributed by atoms with Crippen LogP contribution in [0.2, 0.25) is 0 Å². The summed E-state index contributed by atoms with van der Waals surface area (Å²) in [5, 5.41) is 19.5.